The molecule has 0 amide bonds. The van der Waals surface area contributed by atoms with Gasteiger partial charge in [0.25, 0.3) is 0 Å². The van der Waals surface area contributed by atoms with Gasteiger partial charge in [-0.1, -0.05) is 0 Å². The van der Waals surface area contributed by atoms with Gasteiger partial charge in [-0.3, -0.25) is 5.10 Å². The van der Waals surface area contributed by atoms with Gasteiger partial charge in [-0.2, -0.15) is 15.3 Å². The van der Waals surface area contributed by atoms with E-state index in [-0.39, 0.29) is 5.82 Å². The van der Waals surface area contributed by atoms with Gasteiger partial charge in [0.15, 0.2) is 5.82 Å². The van der Waals surface area contributed by atoms with Crippen molar-refractivity contribution in [2.24, 2.45) is 0 Å². The van der Waals surface area contributed by atoms with Gasteiger partial charge < -0.3 is 4.74 Å². The predicted molar refractivity (Wildman–Crippen MR) is 62.8 cm³/mol. The SMILES string of the molecule is CCOC(=O)c1nc(-c2cc(C)nnc2C)n[nH]1. The third kappa shape index (κ3) is 2.34. The monoisotopic (exact) mass is 247 g/mol. The Labute approximate surface area is 104 Å². The number of aryl methyl sites for hydroxylation is 2. The molecule has 0 aliphatic carbocycles. The van der Waals surface area contributed by atoms with Gasteiger partial charge in [-0.25, -0.2) is 9.78 Å². The van der Waals surface area contributed by atoms with Crippen LogP contribution < -0.4 is 0 Å². The van der Waals surface area contributed by atoms with Crippen molar-refractivity contribution in [3.05, 3.63) is 23.3 Å². The van der Waals surface area contributed by atoms with E-state index >= 15 is 0 Å². The normalized spacial score (nSPS) is 10.4. The van der Waals surface area contributed by atoms with Crippen molar-refractivity contribution in [2.75, 3.05) is 6.61 Å². The molecule has 0 aromatic carbocycles. The summed E-state index contributed by atoms with van der Waals surface area (Å²) in [5.74, 6) is -0.0260. The van der Waals surface area contributed by atoms with E-state index in [0.717, 1.165) is 11.3 Å². The third-order valence-electron chi connectivity index (χ3n) is 2.30. The number of aromatic amines is 1. The number of hydrogen-bond donors (Lipinski definition) is 1. The molecule has 7 nitrogen and oxygen atoms in total. The van der Waals surface area contributed by atoms with Crippen LogP contribution in [0.25, 0.3) is 11.4 Å². The average molecular weight is 247 g/mol. The maximum Gasteiger partial charge on any atom is 0.375 e. The molecule has 0 unspecified atom stereocenters. The minimum Gasteiger partial charge on any atom is -0.460 e. The topological polar surface area (TPSA) is 93.7 Å². The van der Waals surface area contributed by atoms with E-state index in [2.05, 4.69) is 25.4 Å². The lowest BCUT2D eigenvalue weighted by Gasteiger charge is -2.00. The molecule has 7 heteroatoms. The molecule has 0 saturated heterocycles. The Morgan fingerprint density at radius 3 is 2.89 bits per heavy atom. The predicted octanol–water partition coefficient (Wildman–Crippen LogP) is 1.06. The zero-order valence-corrected chi connectivity index (χ0v) is 10.4. The number of carbonyl (C=O) groups excluding carboxylic acids is 1. The minimum atomic E-state index is -0.521. The lowest BCUT2D eigenvalue weighted by atomic mass is 10.2. The highest BCUT2D eigenvalue weighted by molar-refractivity contribution is 5.85. The number of nitrogens with zero attached hydrogens (tertiary/aromatic N) is 4. The second kappa shape index (κ2) is 4.91. The second-order valence-electron chi connectivity index (χ2n) is 3.71. The molecule has 94 valence electrons. The first-order valence-corrected chi connectivity index (χ1v) is 5.52. The maximum absolute atomic E-state index is 11.5. The molecule has 0 bridgehead atoms. The van der Waals surface area contributed by atoms with E-state index in [1.165, 1.54) is 0 Å². The average Bonchev–Trinajstić information content (AvgIpc) is 2.82. The maximum atomic E-state index is 11.5. The van der Waals surface area contributed by atoms with Crippen molar-refractivity contribution in [3.63, 3.8) is 0 Å². The van der Waals surface area contributed by atoms with E-state index in [9.17, 15) is 4.79 Å². The quantitative estimate of drug-likeness (QED) is 0.815. The van der Waals surface area contributed by atoms with Gasteiger partial charge in [-0.15, -0.1) is 0 Å². The van der Waals surface area contributed by atoms with Crippen LogP contribution >= 0.6 is 0 Å². The third-order valence-corrected chi connectivity index (χ3v) is 2.30. The van der Waals surface area contributed by atoms with Crippen molar-refractivity contribution < 1.29 is 9.53 Å². The molecule has 2 rings (SSSR count). The van der Waals surface area contributed by atoms with Crippen LogP contribution in [0.2, 0.25) is 0 Å². The summed E-state index contributed by atoms with van der Waals surface area (Å²) in [7, 11) is 0. The summed E-state index contributed by atoms with van der Waals surface area (Å²) in [5.41, 5.74) is 2.21. The molecule has 0 spiro atoms. The summed E-state index contributed by atoms with van der Waals surface area (Å²) in [6.07, 6.45) is 0. The van der Waals surface area contributed by atoms with Crippen LogP contribution in [0.15, 0.2) is 6.07 Å². The number of ether oxygens (including phenoxy) is 1. The van der Waals surface area contributed by atoms with Gasteiger partial charge in [0.05, 0.1) is 18.0 Å². The molecule has 1 N–H and O–H groups in total. The van der Waals surface area contributed by atoms with Crippen LogP contribution in [0.1, 0.15) is 28.9 Å². The number of rotatable bonds is 3. The standard InChI is InChI=1S/C11H13N5O2/c1-4-18-11(17)10-12-9(15-16-10)8-5-6(2)13-14-7(8)3/h5H,4H2,1-3H3,(H,12,15,16). The van der Waals surface area contributed by atoms with Crippen LogP contribution in [-0.2, 0) is 4.74 Å². The van der Waals surface area contributed by atoms with Crippen molar-refractivity contribution >= 4 is 5.97 Å². The fourth-order valence-corrected chi connectivity index (χ4v) is 1.45. The number of H-pyrrole nitrogens is 1. The lowest BCUT2D eigenvalue weighted by molar-refractivity contribution is 0.0512. The molecule has 0 saturated carbocycles. The van der Waals surface area contributed by atoms with E-state index < -0.39 is 5.97 Å². The van der Waals surface area contributed by atoms with Crippen LogP contribution in [0, 0.1) is 13.8 Å². The van der Waals surface area contributed by atoms with Gasteiger partial charge in [0.1, 0.15) is 0 Å². The number of aromatic nitrogens is 5. The van der Waals surface area contributed by atoms with E-state index in [1.54, 1.807) is 6.92 Å². The van der Waals surface area contributed by atoms with Crippen LogP contribution in [0.5, 0.6) is 0 Å². The summed E-state index contributed by atoms with van der Waals surface area (Å²) in [4.78, 5) is 15.5. The lowest BCUT2D eigenvalue weighted by Crippen LogP contribution is -2.06. The largest absolute Gasteiger partial charge is 0.460 e. The van der Waals surface area contributed by atoms with Gasteiger partial charge in [0.2, 0.25) is 5.82 Å². The van der Waals surface area contributed by atoms with Gasteiger partial charge in [-0.05, 0) is 26.8 Å². The van der Waals surface area contributed by atoms with Gasteiger partial charge >= 0.3 is 5.97 Å². The highest BCUT2D eigenvalue weighted by Crippen LogP contribution is 2.17. The second-order valence-corrected chi connectivity index (χ2v) is 3.71. The highest BCUT2D eigenvalue weighted by Gasteiger charge is 2.15. The van der Waals surface area contributed by atoms with Crippen molar-refractivity contribution in [1.29, 1.82) is 0 Å². The van der Waals surface area contributed by atoms with Crippen LogP contribution in [0.4, 0.5) is 0 Å². The summed E-state index contributed by atoms with van der Waals surface area (Å²) in [6, 6.07) is 1.82. The van der Waals surface area contributed by atoms with Crippen molar-refractivity contribution in [2.45, 2.75) is 20.8 Å². The van der Waals surface area contributed by atoms with E-state index in [0.29, 0.717) is 18.1 Å². The molecule has 0 fully saturated rings. The Morgan fingerprint density at radius 2 is 2.17 bits per heavy atom. The molecular formula is C11H13N5O2. The van der Waals surface area contributed by atoms with E-state index in [4.69, 9.17) is 4.74 Å². The number of nitrogens with one attached hydrogen (secondary N) is 1. The van der Waals surface area contributed by atoms with Crippen LogP contribution in [-0.4, -0.2) is 38.0 Å². The number of carbonyl (C=O) groups is 1. The van der Waals surface area contributed by atoms with Crippen LogP contribution in [0.3, 0.4) is 0 Å². The summed E-state index contributed by atoms with van der Waals surface area (Å²) >= 11 is 0. The minimum absolute atomic E-state index is 0.0840. The first kappa shape index (κ1) is 12.2. The Hall–Kier alpha value is -2.31. The fraction of sp³-hybridized carbons (Fsp3) is 0.364. The smallest absolute Gasteiger partial charge is 0.375 e. The first-order valence-electron chi connectivity index (χ1n) is 5.52. The number of hydrogen-bond acceptors (Lipinski definition) is 6. The molecule has 0 atom stereocenters. The molecule has 2 aromatic heterocycles. The Kier molecular flexibility index (Phi) is 3.31. The highest BCUT2D eigenvalue weighted by atomic mass is 16.5. The molecule has 0 aliphatic rings. The fourth-order valence-electron chi connectivity index (χ4n) is 1.45. The summed E-state index contributed by atoms with van der Waals surface area (Å²) in [6.45, 7) is 5.66. The first-order chi connectivity index (χ1) is 8.61. The summed E-state index contributed by atoms with van der Waals surface area (Å²) in [5, 5.41) is 14.5. The molecule has 0 radical (unpaired) electrons. The Bertz CT molecular complexity index is 579. The Balaban J connectivity index is 2.35. The molecule has 18 heavy (non-hydrogen) atoms. The Morgan fingerprint density at radius 1 is 1.39 bits per heavy atom. The zero-order chi connectivity index (χ0) is 13.1. The van der Waals surface area contributed by atoms with Crippen molar-refractivity contribution in [1.82, 2.24) is 25.4 Å². The van der Waals surface area contributed by atoms with E-state index in [1.807, 2.05) is 19.9 Å². The molecule has 2 aromatic rings. The molecule has 0 aliphatic heterocycles. The zero-order valence-electron chi connectivity index (χ0n) is 10.4. The number of esters is 1. The molecule has 2 heterocycles. The summed E-state index contributed by atoms with van der Waals surface area (Å²) < 4.78 is 4.83. The van der Waals surface area contributed by atoms with Crippen molar-refractivity contribution in [3.8, 4) is 11.4 Å². The van der Waals surface area contributed by atoms with Gasteiger partial charge in [0, 0.05) is 5.56 Å². The molecular weight excluding hydrogens is 234 g/mol.